The smallest absolute Gasteiger partial charge is 0.229 e. The minimum absolute atomic E-state index is 0.880. The van der Waals surface area contributed by atoms with E-state index in [0.29, 0.717) is 0 Å². The summed E-state index contributed by atoms with van der Waals surface area (Å²) >= 11 is 0. The molecule has 0 radical (unpaired) electrons. The second-order valence-corrected chi connectivity index (χ2v) is 7.93. The molecule has 0 aliphatic heterocycles. The van der Waals surface area contributed by atoms with Crippen molar-refractivity contribution in [2.75, 3.05) is 0 Å². The zero-order valence-electron chi connectivity index (χ0n) is 13.6. The van der Waals surface area contributed by atoms with Crippen LogP contribution < -0.4 is 4.43 Å². The van der Waals surface area contributed by atoms with Crippen LogP contribution in [0.4, 0.5) is 5.69 Å². The number of imidazole rings is 1. The van der Waals surface area contributed by atoms with Gasteiger partial charge in [-0.2, -0.15) is 0 Å². The first-order chi connectivity index (χ1) is 9.86. The fraction of sp³-hybridized carbons (Fsp3) is 0.375. The summed E-state index contributed by atoms with van der Waals surface area (Å²) in [6.45, 7) is 12.3. The van der Waals surface area contributed by atoms with Crippen molar-refractivity contribution in [3.05, 3.63) is 41.5 Å². The standard InChI is InChI=1S/C16H23N3OSi/c1-11-7-8-15(16(9-11)20-21(5)6)18-14(4)19-10-12(2)17-13(19)3/h7-10,21H,1-6H3. The van der Waals surface area contributed by atoms with E-state index in [0.717, 1.165) is 28.8 Å². The molecule has 112 valence electrons. The second-order valence-electron chi connectivity index (χ2n) is 5.60. The molecule has 2 aromatic rings. The van der Waals surface area contributed by atoms with E-state index in [1.165, 1.54) is 5.56 Å². The monoisotopic (exact) mass is 301 g/mol. The highest BCUT2D eigenvalue weighted by atomic mass is 28.3. The number of nitrogens with zero attached hydrogens (tertiary/aromatic N) is 3. The molecule has 0 fully saturated rings. The summed E-state index contributed by atoms with van der Waals surface area (Å²) < 4.78 is 8.01. The van der Waals surface area contributed by atoms with Gasteiger partial charge in [0.15, 0.2) is 0 Å². The number of rotatable bonds is 3. The lowest BCUT2D eigenvalue weighted by atomic mass is 10.2. The van der Waals surface area contributed by atoms with Gasteiger partial charge in [-0.25, -0.2) is 9.98 Å². The van der Waals surface area contributed by atoms with Crippen LogP contribution in [0.5, 0.6) is 5.75 Å². The fourth-order valence-electron chi connectivity index (χ4n) is 2.24. The highest BCUT2D eigenvalue weighted by Gasteiger charge is 2.08. The van der Waals surface area contributed by atoms with E-state index in [1.54, 1.807) is 0 Å². The number of aryl methyl sites for hydroxylation is 3. The van der Waals surface area contributed by atoms with Gasteiger partial charge >= 0.3 is 0 Å². The molecule has 0 N–H and O–H groups in total. The summed E-state index contributed by atoms with van der Waals surface area (Å²) in [6.07, 6.45) is 2.00. The minimum atomic E-state index is -1.16. The third-order valence-corrected chi connectivity index (χ3v) is 3.84. The van der Waals surface area contributed by atoms with Crippen LogP contribution in [-0.4, -0.2) is 24.4 Å². The Bertz CT molecular complexity index is 674. The van der Waals surface area contributed by atoms with Crippen LogP contribution in [0.2, 0.25) is 13.1 Å². The Morgan fingerprint density at radius 3 is 2.52 bits per heavy atom. The highest BCUT2D eigenvalue weighted by molar-refractivity contribution is 6.49. The van der Waals surface area contributed by atoms with Gasteiger partial charge in [-0.05, 0) is 58.5 Å². The van der Waals surface area contributed by atoms with E-state index in [-0.39, 0.29) is 0 Å². The maximum atomic E-state index is 6.01. The largest absolute Gasteiger partial charge is 0.546 e. The van der Waals surface area contributed by atoms with Crippen molar-refractivity contribution in [3.8, 4) is 5.75 Å². The van der Waals surface area contributed by atoms with Crippen LogP contribution in [0.3, 0.4) is 0 Å². The predicted octanol–water partition coefficient (Wildman–Crippen LogP) is 3.77. The molecule has 0 unspecified atom stereocenters. The summed E-state index contributed by atoms with van der Waals surface area (Å²) in [4.78, 5) is 9.15. The summed E-state index contributed by atoms with van der Waals surface area (Å²) in [7, 11) is -1.16. The first-order valence-electron chi connectivity index (χ1n) is 7.22. The predicted molar refractivity (Wildman–Crippen MR) is 90.6 cm³/mol. The Kier molecular flexibility index (Phi) is 4.62. The van der Waals surface area contributed by atoms with Gasteiger partial charge in [0.25, 0.3) is 0 Å². The molecular formula is C16H23N3OSi. The van der Waals surface area contributed by atoms with Crippen LogP contribution >= 0.6 is 0 Å². The fourth-order valence-corrected chi connectivity index (χ4v) is 2.93. The summed E-state index contributed by atoms with van der Waals surface area (Å²) in [5, 5.41) is 0. The Labute approximate surface area is 128 Å². The zero-order chi connectivity index (χ0) is 15.6. The van der Waals surface area contributed by atoms with E-state index in [1.807, 2.05) is 37.6 Å². The first-order valence-corrected chi connectivity index (χ1v) is 10.0. The third kappa shape index (κ3) is 3.82. The number of aliphatic imine (C=N–C) groups is 1. The average Bonchev–Trinajstić information content (AvgIpc) is 2.71. The third-order valence-electron chi connectivity index (χ3n) is 3.11. The van der Waals surface area contributed by atoms with Crippen LogP contribution in [0, 0.1) is 20.8 Å². The molecule has 0 atom stereocenters. The highest BCUT2D eigenvalue weighted by Crippen LogP contribution is 2.29. The molecule has 0 spiro atoms. The van der Waals surface area contributed by atoms with E-state index in [4.69, 9.17) is 9.42 Å². The molecule has 1 aromatic carbocycles. The number of benzene rings is 1. The second kappa shape index (κ2) is 6.26. The molecule has 0 aliphatic carbocycles. The van der Waals surface area contributed by atoms with Gasteiger partial charge in [-0.15, -0.1) is 0 Å². The van der Waals surface area contributed by atoms with Crippen LogP contribution in [0.1, 0.15) is 24.0 Å². The van der Waals surface area contributed by atoms with Crippen LogP contribution in [-0.2, 0) is 0 Å². The van der Waals surface area contributed by atoms with Crippen molar-refractivity contribution in [3.63, 3.8) is 0 Å². The topological polar surface area (TPSA) is 39.4 Å². The Morgan fingerprint density at radius 2 is 1.95 bits per heavy atom. The molecular weight excluding hydrogens is 278 g/mol. The van der Waals surface area contributed by atoms with E-state index < -0.39 is 9.04 Å². The van der Waals surface area contributed by atoms with E-state index in [9.17, 15) is 0 Å². The molecule has 2 rings (SSSR count). The quantitative estimate of drug-likeness (QED) is 0.492. The molecule has 4 nitrogen and oxygen atoms in total. The zero-order valence-corrected chi connectivity index (χ0v) is 14.8. The van der Waals surface area contributed by atoms with E-state index in [2.05, 4.69) is 37.1 Å². The molecule has 1 heterocycles. The molecule has 0 aliphatic rings. The van der Waals surface area contributed by atoms with E-state index >= 15 is 0 Å². The van der Waals surface area contributed by atoms with Crippen LogP contribution in [0.25, 0.3) is 0 Å². The van der Waals surface area contributed by atoms with Crippen molar-refractivity contribution in [1.29, 1.82) is 0 Å². The van der Waals surface area contributed by atoms with Gasteiger partial charge in [-0.1, -0.05) is 6.07 Å². The lowest BCUT2D eigenvalue weighted by Crippen LogP contribution is -2.12. The molecule has 0 amide bonds. The lowest BCUT2D eigenvalue weighted by Gasteiger charge is -2.13. The molecule has 0 saturated carbocycles. The normalized spacial score (nSPS) is 12.0. The summed E-state index contributed by atoms with van der Waals surface area (Å²) in [5.41, 5.74) is 3.06. The lowest BCUT2D eigenvalue weighted by molar-refractivity contribution is 0.581. The summed E-state index contributed by atoms with van der Waals surface area (Å²) in [6, 6.07) is 6.14. The van der Waals surface area contributed by atoms with Crippen molar-refractivity contribution in [2.45, 2.75) is 40.8 Å². The molecule has 1 aromatic heterocycles. The molecule has 0 bridgehead atoms. The van der Waals surface area contributed by atoms with Crippen molar-refractivity contribution < 1.29 is 4.43 Å². The number of hydrogen-bond donors (Lipinski definition) is 0. The average molecular weight is 301 g/mol. The van der Waals surface area contributed by atoms with Gasteiger partial charge in [0.1, 0.15) is 23.1 Å². The van der Waals surface area contributed by atoms with Crippen molar-refractivity contribution in [1.82, 2.24) is 9.55 Å². The van der Waals surface area contributed by atoms with Gasteiger partial charge in [0, 0.05) is 6.20 Å². The molecule has 0 saturated heterocycles. The Hall–Kier alpha value is -1.88. The van der Waals surface area contributed by atoms with Gasteiger partial charge in [0.05, 0.1) is 5.69 Å². The van der Waals surface area contributed by atoms with Crippen molar-refractivity contribution >= 4 is 20.6 Å². The molecule has 21 heavy (non-hydrogen) atoms. The van der Waals surface area contributed by atoms with Crippen LogP contribution in [0.15, 0.2) is 29.4 Å². The Balaban J connectivity index is 2.42. The molecule has 5 heteroatoms. The first kappa shape index (κ1) is 15.5. The Morgan fingerprint density at radius 1 is 1.24 bits per heavy atom. The van der Waals surface area contributed by atoms with Gasteiger partial charge < -0.3 is 4.43 Å². The number of aromatic nitrogens is 2. The summed E-state index contributed by atoms with van der Waals surface area (Å²) in [5.74, 6) is 2.72. The van der Waals surface area contributed by atoms with Crippen molar-refractivity contribution in [2.24, 2.45) is 4.99 Å². The maximum absolute atomic E-state index is 6.01. The minimum Gasteiger partial charge on any atom is -0.546 e. The maximum Gasteiger partial charge on any atom is 0.229 e. The van der Waals surface area contributed by atoms with Gasteiger partial charge in [0.2, 0.25) is 9.04 Å². The van der Waals surface area contributed by atoms with Gasteiger partial charge in [-0.3, -0.25) is 4.57 Å². The SMILES string of the molecule is CC(=Nc1ccc(C)cc1O[SiH](C)C)n1cc(C)nc1C. The number of hydrogen-bond acceptors (Lipinski definition) is 3.